The fourth-order valence-corrected chi connectivity index (χ4v) is 8.14. The van der Waals surface area contributed by atoms with Crippen LogP contribution in [0.15, 0.2) is 11.6 Å². The molecule has 0 aromatic rings. The van der Waals surface area contributed by atoms with E-state index < -0.39 is 47.6 Å². The number of hydrogen-bond acceptors (Lipinski definition) is 9. The van der Waals surface area contributed by atoms with E-state index in [1.54, 1.807) is 6.08 Å². The van der Waals surface area contributed by atoms with Gasteiger partial charge in [-0.3, -0.25) is 19.2 Å². The minimum absolute atomic E-state index is 0.0153. The first-order valence-corrected chi connectivity index (χ1v) is 12.8. The summed E-state index contributed by atoms with van der Waals surface area (Å²) >= 11 is 0. The van der Waals surface area contributed by atoms with Gasteiger partial charge in [0.2, 0.25) is 5.78 Å². The van der Waals surface area contributed by atoms with Gasteiger partial charge < -0.3 is 19.3 Å². The third-order valence-corrected chi connectivity index (χ3v) is 9.74. The van der Waals surface area contributed by atoms with Crippen LogP contribution in [0.4, 0.5) is 0 Å². The SMILES string of the molecule is CC(=O)OC(C)C(=O)OCC(=O)[C@]1(OC=O)CC[C@H]2[C@@H]3CCC4=CC(=O)CC[C@]4(C)[C@H]3[C@@H](O)C[C@@]21C. The first-order chi connectivity index (χ1) is 16.9. The summed E-state index contributed by atoms with van der Waals surface area (Å²) in [6.07, 6.45) is 3.74. The molecule has 0 aromatic heterocycles. The Bertz CT molecular complexity index is 1000. The van der Waals surface area contributed by atoms with Gasteiger partial charge in [0.15, 0.2) is 24.1 Å². The smallest absolute Gasteiger partial charge is 0.347 e. The number of esters is 2. The molecule has 0 saturated heterocycles. The van der Waals surface area contributed by atoms with Crippen LogP contribution in [-0.4, -0.2) is 59.5 Å². The Morgan fingerprint density at radius 3 is 2.58 bits per heavy atom. The third kappa shape index (κ3) is 3.99. The van der Waals surface area contributed by atoms with Crippen molar-refractivity contribution in [3.63, 3.8) is 0 Å². The number of carbonyl (C=O) groups is 5. The molecule has 0 bridgehead atoms. The van der Waals surface area contributed by atoms with Crippen molar-refractivity contribution in [3.8, 4) is 0 Å². The zero-order chi connectivity index (χ0) is 26.5. The average Bonchev–Trinajstić information content (AvgIpc) is 3.09. The number of rotatable bonds is 7. The lowest BCUT2D eigenvalue weighted by molar-refractivity contribution is -0.196. The minimum atomic E-state index is -1.53. The summed E-state index contributed by atoms with van der Waals surface area (Å²) in [5.74, 6) is -1.85. The summed E-state index contributed by atoms with van der Waals surface area (Å²) in [7, 11) is 0. The molecule has 9 nitrogen and oxygen atoms in total. The lowest BCUT2D eigenvalue weighted by Gasteiger charge is -2.60. The molecule has 3 fully saturated rings. The number of allylic oxidation sites excluding steroid dienone is 1. The second kappa shape index (κ2) is 9.39. The van der Waals surface area contributed by atoms with E-state index in [9.17, 15) is 29.1 Å². The number of aliphatic hydroxyl groups excluding tert-OH is 1. The van der Waals surface area contributed by atoms with E-state index in [1.165, 1.54) is 13.8 Å². The van der Waals surface area contributed by atoms with Crippen LogP contribution in [0.25, 0.3) is 0 Å². The third-order valence-electron chi connectivity index (χ3n) is 9.74. The predicted molar refractivity (Wildman–Crippen MR) is 125 cm³/mol. The molecule has 3 saturated carbocycles. The molecule has 36 heavy (non-hydrogen) atoms. The molecule has 4 rings (SSSR count). The van der Waals surface area contributed by atoms with Crippen LogP contribution >= 0.6 is 0 Å². The molecule has 0 heterocycles. The number of ether oxygens (including phenoxy) is 3. The molecular weight excluding hydrogens is 468 g/mol. The highest BCUT2D eigenvalue weighted by Gasteiger charge is 2.70. The zero-order valence-electron chi connectivity index (χ0n) is 21.4. The number of Topliss-reactive ketones (excluding diaryl/α,β-unsaturated/α-hetero) is 1. The average molecular weight is 505 g/mol. The van der Waals surface area contributed by atoms with E-state index in [2.05, 4.69) is 6.92 Å². The van der Waals surface area contributed by atoms with Gasteiger partial charge >= 0.3 is 11.9 Å². The fraction of sp³-hybridized carbons (Fsp3) is 0.741. The van der Waals surface area contributed by atoms with E-state index in [4.69, 9.17) is 14.2 Å². The van der Waals surface area contributed by atoms with Gasteiger partial charge in [-0.2, -0.15) is 0 Å². The van der Waals surface area contributed by atoms with Gasteiger partial charge in [-0.15, -0.1) is 0 Å². The molecule has 0 amide bonds. The molecule has 8 atom stereocenters. The summed E-state index contributed by atoms with van der Waals surface area (Å²) in [5, 5.41) is 11.5. The molecule has 1 N–H and O–H groups in total. The molecule has 198 valence electrons. The Morgan fingerprint density at radius 1 is 1.19 bits per heavy atom. The number of fused-ring (bicyclic) bond motifs is 5. The molecule has 4 aliphatic carbocycles. The maximum atomic E-state index is 13.6. The maximum Gasteiger partial charge on any atom is 0.347 e. The van der Waals surface area contributed by atoms with Crippen LogP contribution in [-0.2, 0) is 38.2 Å². The fourth-order valence-electron chi connectivity index (χ4n) is 8.14. The Kier molecular flexibility index (Phi) is 6.92. The van der Waals surface area contributed by atoms with Crippen molar-refractivity contribution in [1.29, 1.82) is 0 Å². The summed E-state index contributed by atoms with van der Waals surface area (Å²) in [6, 6.07) is 0. The highest BCUT2D eigenvalue weighted by Crippen LogP contribution is 2.68. The molecule has 0 aliphatic heterocycles. The Hall–Kier alpha value is -2.55. The first kappa shape index (κ1) is 26.5. The van der Waals surface area contributed by atoms with Gasteiger partial charge in [-0.1, -0.05) is 19.4 Å². The normalized spacial score (nSPS) is 40.0. The molecular formula is C27H36O9. The van der Waals surface area contributed by atoms with Crippen LogP contribution in [0, 0.1) is 28.6 Å². The van der Waals surface area contributed by atoms with E-state index in [1.807, 2.05) is 6.92 Å². The zero-order valence-corrected chi connectivity index (χ0v) is 21.4. The molecule has 0 radical (unpaired) electrons. The number of aliphatic hydroxyl groups is 1. The Balaban J connectivity index is 1.59. The Labute approximate surface area is 210 Å². The van der Waals surface area contributed by atoms with Gasteiger partial charge in [0.1, 0.15) is 0 Å². The minimum Gasteiger partial charge on any atom is -0.455 e. The van der Waals surface area contributed by atoms with Crippen LogP contribution in [0.5, 0.6) is 0 Å². The van der Waals surface area contributed by atoms with Crippen molar-refractivity contribution in [2.75, 3.05) is 6.61 Å². The quantitative estimate of drug-likeness (QED) is 0.315. The molecule has 1 unspecified atom stereocenters. The lowest BCUT2D eigenvalue weighted by Crippen LogP contribution is -2.63. The molecule has 0 spiro atoms. The number of carbonyl (C=O) groups excluding carboxylic acids is 5. The van der Waals surface area contributed by atoms with Crippen molar-refractivity contribution in [3.05, 3.63) is 11.6 Å². The topological polar surface area (TPSA) is 133 Å². The largest absolute Gasteiger partial charge is 0.455 e. The number of hydrogen-bond donors (Lipinski definition) is 1. The Morgan fingerprint density at radius 2 is 1.92 bits per heavy atom. The summed E-state index contributed by atoms with van der Waals surface area (Å²) in [5.41, 5.74) is -1.54. The van der Waals surface area contributed by atoms with Gasteiger partial charge in [-0.05, 0) is 74.7 Å². The van der Waals surface area contributed by atoms with Crippen molar-refractivity contribution in [2.45, 2.75) is 90.4 Å². The van der Waals surface area contributed by atoms with Gasteiger partial charge in [0.05, 0.1) is 6.10 Å². The molecule has 9 heteroatoms. The van der Waals surface area contributed by atoms with E-state index in [-0.39, 0.29) is 48.3 Å². The predicted octanol–water partition coefficient (Wildman–Crippen LogP) is 2.46. The summed E-state index contributed by atoms with van der Waals surface area (Å²) in [4.78, 5) is 60.6. The number of ketones is 2. The van der Waals surface area contributed by atoms with Crippen molar-refractivity contribution < 1.29 is 43.3 Å². The van der Waals surface area contributed by atoms with Gasteiger partial charge in [0, 0.05) is 18.8 Å². The van der Waals surface area contributed by atoms with Crippen LogP contribution in [0.3, 0.4) is 0 Å². The highest BCUT2D eigenvalue weighted by molar-refractivity contribution is 5.93. The first-order valence-electron chi connectivity index (χ1n) is 12.8. The standard InChI is InChI=1S/C27H36O9/c1-15(36-16(2)29)24(33)34-13-22(32)27(35-14-28)10-8-20-19-6-5-17-11-18(30)7-9-25(17,3)23(19)21(31)12-26(20,27)4/h11,14-15,19-21,23,31H,5-10,12-13H2,1-4H3/t15?,19-,20-,21-,23+,25-,26-,27+/m0/s1. The molecule has 0 aromatic carbocycles. The second-order valence-corrected chi connectivity index (χ2v) is 11.4. The van der Waals surface area contributed by atoms with Crippen molar-refractivity contribution in [1.82, 2.24) is 0 Å². The van der Waals surface area contributed by atoms with Gasteiger partial charge in [0.25, 0.3) is 6.47 Å². The second-order valence-electron chi connectivity index (χ2n) is 11.4. The van der Waals surface area contributed by atoms with Crippen LogP contribution in [0.1, 0.15) is 72.6 Å². The highest BCUT2D eigenvalue weighted by atomic mass is 16.6. The monoisotopic (exact) mass is 504 g/mol. The van der Waals surface area contributed by atoms with Gasteiger partial charge in [-0.25, -0.2) is 4.79 Å². The summed E-state index contributed by atoms with van der Waals surface area (Å²) in [6.45, 7) is 6.20. The van der Waals surface area contributed by atoms with Crippen molar-refractivity contribution >= 4 is 30.0 Å². The molecule has 4 aliphatic rings. The van der Waals surface area contributed by atoms with E-state index >= 15 is 0 Å². The van der Waals surface area contributed by atoms with E-state index in [0.29, 0.717) is 19.3 Å². The summed E-state index contributed by atoms with van der Waals surface area (Å²) < 4.78 is 15.5. The maximum absolute atomic E-state index is 13.6. The van der Waals surface area contributed by atoms with Crippen LogP contribution in [0.2, 0.25) is 0 Å². The van der Waals surface area contributed by atoms with Crippen LogP contribution < -0.4 is 0 Å². The van der Waals surface area contributed by atoms with Crippen molar-refractivity contribution in [2.24, 2.45) is 28.6 Å². The van der Waals surface area contributed by atoms with E-state index in [0.717, 1.165) is 18.4 Å². The lowest BCUT2D eigenvalue weighted by atomic mass is 9.45.